The second kappa shape index (κ2) is 9.98. The molecule has 1 heterocycles. The van der Waals surface area contributed by atoms with Crippen molar-refractivity contribution in [3.63, 3.8) is 0 Å². The standard InChI is InChI=1S/C28H32NO2P/c1-21(2)28(22(3)4,26-20-30-27(29-26)23-14-8-5-9-15-23)31-32(24-16-10-6-11-17-24)25-18-12-7-13-19-25/h5-19,21-22,26H,20H2,1-4H3/t26-/m0/s1. The average Bonchev–Trinajstić information content (AvgIpc) is 3.32. The molecule has 32 heavy (non-hydrogen) atoms. The Morgan fingerprint density at radius 3 is 1.72 bits per heavy atom. The minimum absolute atomic E-state index is 0.0740. The maximum absolute atomic E-state index is 7.28. The molecule has 3 nitrogen and oxygen atoms in total. The van der Waals surface area contributed by atoms with Crippen LogP contribution in [0.3, 0.4) is 0 Å². The topological polar surface area (TPSA) is 30.8 Å². The Morgan fingerprint density at radius 2 is 1.25 bits per heavy atom. The third kappa shape index (κ3) is 4.51. The van der Waals surface area contributed by atoms with Crippen LogP contribution in [0.15, 0.2) is 96.0 Å². The van der Waals surface area contributed by atoms with E-state index in [1.807, 2.05) is 18.2 Å². The molecule has 0 amide bonds. The van der Waals surface area contributed by atoms with Crippen molar-refractivity contribution in [1.29, 1.82) is 0 Å². The first-order chi connectivity index (χ1) is 15.5. The highest BCUT2D eigenvalue weighted by atomic mass is 31.1. The van der Waals surface area contributed by atoms with Gasteiger partial charge in [0.25, 0.3) is 0 Å². The van der Waals surface area contributed by atoms with E-state index in [1.165, 1.54) is 10.6 Å². The maximum Gasteiger partial charge on any atom is 0.216 e. The van der Waals surface area contributed by atoms with Gasteiger partial charge in [-0.25, -0.2) is 4.99 Å². The Hall–Kier alpha value is -2.48. The molecule has 4 heteroatoms. The van der Waals surface area contributed by atoms with Crippen LogP contribution in [0.5, 0.6) is 0 Å². The summed E-state index contributed by atoms with van der Waals surface area (Å²) in [4.78, 5) is 5.09. The van der Waals surface area contributed by atoms with Gasteiger partial charge in [-0.05, 0) is 24.0 Å². The van der Waals surface area contributed by atoms with Crippen LogP contribution in [-0.2, 0) is 9.26 Å². The zero-order chi connectivity index (χ0) is 22.6. The highest BCUT2D eigenvalue weighted by Gasteiger charge is 2.50. The minimum atomic E-state index is -1.01. The third-order valence-corrected chi connectivity index (χ3v) is 8.26. The number of ether oxygens (including phenoxy) is 1. The maximum atomic E-state index is 7.28. The Balaban J connectivity index is 1.76. The Labute approximate surface area is 193 Å². The van der Waals surface area contributed by atoms with E-state index < -0.39 is 13.7 Å². The van der Waals surface area contributed by atoms with E-state index in [9.17, 15) is 0 Å². The summed E-state index contributed by atoms with van der Waals surface area (Å²) < 4.78 is 13.4. The monoisotopic (exact) mass is 445 g/mol. The largest absolute Gasteiger partial charge is 0.475 e. The molecule has 0 saturated heterocycles. The molecule has 3 aromatic carbocycles. The lowest BCUT2D eigenvalue weighted by molar-refractivity contribution is -0.0368. The summed E-state index contributed by atoms with van der Waals surface area (Å²) in [5, 5.41) is 2.43. The molecule has 1 aliphatic rings. The Morgan fingerprint density at radius 1 is 0.781 bits per heavy atom. The molecule has 0 radical (unpaired) electrons. The first-order valence-electron chi connectivity index (χ1n) is 11.4. The van der Waals surface area contributed by atoms with E-state index in [0.717, 1.165) is 5.56 Å². The van der Waals surface area contributed by atoms with Crippen molar-refractivity contribution in [1.82, 2.24) is 0 Å². The fraction of sp³-hybridized carbons (Fsp3) is 0.321. The van der Waals surface area contributed by atoms with Gasteiger partial charge in [-0.1, -0.05) is 107 Å². The molecular formula is C28H32NO2P. The van der Waals surface area contributed by atoms with Crippen molar-refractivity contribution < 1.29 is 9.26 Å². The molecule has 0 aromatic heterocycles. The molecule has 0 aliphatic carbocycles. The molecule has 0 fully saturated rings. The first kappa shape index (κ1) is 22.7. The van der Waals surface area contributed by atoms with Gasteiger partial charge < -0.3 is 9.26 Å². The molecule has 0 unspecified atom stereocenters. The molecule has 1 aliphatic heterocycles. The first-order valence-corrected chi connectivity index (χ1v) is 12.6. The van der Waals surface area contributed by atoms with Crippen LogP contribution in [0.4, 0.5) is 0 Å². The van der Waals surface area contributed by atoms with Crippen LogP contribution in [0.2, 0.25) is 0 Å². The molecule has 166 valence electrons. The van der Waals surface area contributed by atoms with Gasteiger partial charge in [-0.15, -0.1) is 0 Å². The van der Waals surface area contributed by atoms with E-state index in [1.54, 1.807) is 0 Å². The van der Waals surface area contributed by atoms with Crippen molar-refractivity contribution in [2.45, 2.75) is 39.3 Å². The van der Waals surface area contributed by atoms with Gasteiger partial charge in [0.15, 0.2) is 0 Å². The normalized spacial score (nSPS) is 16.5. The fourth-order valence-electron chi connectivity index (χ4n) is 4.59. The predicted octanol–water partition coefficient (Wildman–Crippen LogP) is 5.95. The summed E-state index contributed by atoms with van der Waals surface area (Å²) in [5.41, 5.74) is 0.554. The van der Waals surface area contributed by atoms with Gasteiger partial charge in [0.2, 0.25) is 5.90 Å². The van der Waals surface area contributed by atoms with Gasteiger partial charge in [0, 0.05) is 16.2 Å². The van der Waals surface area contributed by atoms with Crippen LogP contribution < -0.4 is 10.6 Å². The number of aliphatic imine (C=N–C) groups is 1. The summed E-state index contributed by atoms with van der Waals surface area (Å²) in [5.74, 6) is 1.23. The summed E-state index contributed by atoms with van der Waals surface area (Å²) in [6.07, 6.45) is 0. The Kier molecular flexibility index (Phi) is 7.08. The van der Waals surface area contributed by atoms with E-state index >= 15 is 0 Å². The number of hydrogen-bond acceptors (Lipinski definition) is 3. The van der Waals surface area contributed by atoms with Crippen molar-refractivity contribution in [2.75, 3.05) is 6.61 Å². The quantitative estimate of drug-likeness (QED) is 0.401. The molecule has 0 N–H and O–H groups in total. The van der Waals surface area contributed by atoms with Gasteiger partial charge in [-0.3, -0.25) is 0 Å². The lowest BCUT2D eigenvalue weighted by atomic mass is 9.75. The average molecular weight is 446 g/mol. The second-order valence-electron chi connectivity index (χ2n) is 8.85. The van der Waals surface area contributed by atoms with Crippen LogP contribution in [0, 0.1) is 11.8 Å². The number of nitrogens with zero attached hydrogens (tertiary/aromatic N) is 1. The molecule has 3 aromatic rings. The van der Waals surface area contributed by atoms with Gasteiger partial charge >= 0.3 is 0 Å². The molecule has 0 saturated carbocycles. The summed E-state index contributed by atoms with van der Waals surface area (Å²) >= 11 is 0. The second-order valence-corrected chi connectivity index (χ2v) is 10.7. The number of benzene rings is 3. The van der Waals surface area contributed by atoms with Gasteiger partial charge in [0.1, 0.15) is 18.2 Å². The fourth-order valence-corrected chi connectivity index (χ4v) is 6.85. The molecular weight excluding hydrogens is 413 g/mol. The van der Waals surface area contributed by atoms with Crippen LogP contribution >= 0.6 is 8.15 Å². The van der Waals surface area contributed by atoms with Crippen molar-refractivity contribution in [3.05, 3.63) is 96.6 Å². The number of hydrogen-bond donors (Lipinski definition) is 0. The van der Waals surface area contributed by atoms with Gasteiger partial charge in [-0.2, -0.15) is 0 Å². The van der Waals surface area contributed by atoms with Crippen molar-refractivity contribution >= 4 is 24.7 Å². The molecule has 1 atom stereocenters. The summed E-state index contributed by atoms with van der Waals surface area (Å²) in [6, 6.07) is 31.3. The summed E-state index contributed by atoms with van der Waals surface area (Å²) in [6.45, 7) is 9.53. The third-order valence-electron chi connectivity index (χ3n) is 6.23. The van der Waals surface area contributed by atoms with Crippen LogP contribution in [0.25, 0.3) is 0 Å². The lowest BCUT2D eigenvalue weighted by Crippen LogP contribution is -2.53. The highest BCUT2D eigenvalue weighted by molar-refractivity contribution is 7.68. The van der Waals surface area contributed by atoms with Gasteiger partial charge in [0.05, 0.1) is 8.15 Å². The predicted molar refractivity (Wildman–Crippen MR) is 135 cm³/mol. The van der Waals surface area contributed by atoms with E-state index in [4.69, 9.17) is 14.3 Å². The zero-order valence-corrected chi connectivity index (χ0v) is 20.2. The van der Waals surface area contributed by atoms with Crippen molar-refractivity contribution in [3.8, 4) is 0 Å². The van der Waals surface area contributed by atoms with E-state index in [2.05, 4.69) is 100 Å². The van der Waals surface area contributed by atoms with Crippen LogP contribution in [0.1, 0.15) is 33.3 Å². The van der Waals surface area contributed by atoms with E-state index in [-0.39, 0.29) is 17.9 Å². The molecule has 0 bridgehead atoms. The highest BCUT2D eigenvalue weighted by Crippen LogP contribution is 2.49. The van der Waals surface area contributed by atoms with Crippen LogP contribution in [-0.4, -0.2) is 24.1 Å². The zero-order valence-electron chi connectivity index (χ0n) is 19.3. The molecule has 4 rings (SSSR count). The minimum Gasteiger partial charge on any atom is -0.475 e. The Bertz CT molecular complexity index is 972. The lowest BCUT2D eigenvalue weighted by Gasteiger charge is -2.45. The smallest absolute Gasteiger partial charge is 0.216 e. The summed E-state index contributed by atoms with van der Waals surface area (Å²) in [7, 11) is -1.01. The number of rotatable bonds is 8. The molecule has 0 spiro atoms. The van der Waals surface area contributed by atoms with Crippen molar-refractivity contribution in [2.24, 2.45) is 16.8 Å². The van der Waals surface area contributed by atoms with E-state index in [0.29, 0.717) is 12.5 Å². The SMILES string of the molecule is CC(C)C(OP(c1ccccc1)c1ccccc1)(C(C)C)[C@@H]1COC(c2ccccc2)=N1.